The number of likely N-dealkylation sites (N-methyl/N-ethyl adjacent to an activating group) is 1. The van der Waals surface area contributed by atoms with Crippen molar-refractivity contribution in [3.05, 3.63) is 30.1 Å². The number of hydrogen-bond acceptors (Lipinski definition) is 4. The predicted octanol–water partition coefficient (Wildman–Crippen LogP) is 0.530. The molecular formula is C12H19N3O2. The third-order valence-corrected chi connectivity index (χ3v) is 2.33. The summed E-state index contributed by atoms with van der Waals surface area (Å²) in [4.78, 5) is 18.9. The third-order valence-electron chi connectivity index (χ3n) is 2.33. The molecule has 0 amide bonds. The molecule has 0 aromatic carbocycles. The van der Waals surface area contributed by atoms with Gasteiger partial charge in [0.1, 0.15) is 0 Å². The van der Waals surface area contributed by atoms with Gasteiger partial charge >= 0.3 is 5.97 Å². The Bertz CT molecular complexity index is 341. The molecule has 0 saturated carbocycles. The summed E-state index contributed by atoms with van der Waals surface area (Å²) in [5.41, 5.74) is 0.896. The monoisotopic (exact) mass is 237 g/mol. The van der Waals surface area contributed by atoms with Crippen molar-refractivity contribution in [2.45, 2.75) is 6.54 Å². The number of pyridine rings is 1. The van der Waals surface area contributed by atoms with Crippen LogP contribution in [0.15, 0.2) is 24.4 Å². The van der Waals surface area contributed by atoms with Gasteiger partial charge in [0.15, 0.2) is 0 Å². The van der Waals surface area contributed by atoms with Gasteiger partial charge in [0.25, 0.3) is 0 Å². The van der Waals surface area contributed by atoms with Crippen LogP contribution in [-0.4, -0.2) is 59.6 Å². The van der Waals surface area contributed by atoms with Crippen LogP contribution in [-0.2, 0) is 11.3 Å². The van der Waals surface area contributed by atoms with Crippen molar-refractivity contribution in [1.29, 1.82) is 0 Å². The molecule has 1 aromatic heterocycles. The van der Waals surface area contributed by atoms with Gasteiger partial charge in [0.2, 0.25) is 0 Å². The molecule has 0 unspecified atom stereocenters. The second-order valence-electron chi connectivity index (χ2n) is 4.23. The van der Waals surface area contributed by atoms with Crippen LogP contribution in [0.3, 0.4) is 0 Å². The zero-order chi connectivity index (χ0) is 12.7. The molecule has 5 heteroatoms. The van der Waals surface area contributed by atoms with E-state index >= 15 is 0 Å². The second-order valence-corrected chi connectivity index (χ2v) is 4.23. The van der Waals surface area contributed by atoms with Gasteiger partial charge in [-0.05, 0) is 26.2 Å². The van der Waals surface area contributed by atoms with E-state index in [4.69, 9.17) is 5.11 Å². The highest BCUT2D eigenvalue weighted by Crippen LogP contribution is 2.00. The smallest absolute Gasteiger partial charge is 0.317 e. The van der Waals surface area contributed by atoms with E-state index in [2.05, 4.69) is 4.98 Å². The Hall–Kier alpha value is -1.46. The average molecular weight is 237 g/mol. The lowest BCUT2D eigenvalue weighted by atomic mass is 10.3. The topological polar surface area (TPSA) is 56.7 Å². The summed E-state index contributed by atoms with van der Waals surface area (Å²) in [6, 6.07) is 5.67. The average Bonchev–Trinajstić information content (AvgIpc) is 2.26. The Morgan fingerprint density at radius 1 is 1.35 bits per heavy atom. The van der Waals surface area contributed by atoms with Gasteiger partial charge < -0.3 is 10.0 Å². The lowest BCUT2D eigenvalue weighted by Crippen LogP contribution is -2.35. The molecule has 94 valence electrons. The minimum atomic E-state index is -0.806. The molecule has 0 fully saturated rings. The zero-order valence-corrected chi connectivity index (χ0v) is 10.3. The van der Waals surface area contributed by atoms with E-state index in [-0.39, 0.29) is 6.54 Å². The maximum atomic E-state index is 10.8. The first-order chi connectivity index (χ1) is 8.08. The molecule has 1 rings (SSSR count). The first kappa shape index (κ1) is 13.6. The van der Waals surface area contributed by atoms with Crippen molar-refractivity contribution >= 4 is 5.97 Å². The van der Waals surface area contributed by atoms with E-state index in [1.54, 1.807) is 6.20 Å². The molecule has 0 bridgehead atoms. The standard InChI is InChI=1S/C12H19N3O2/c1-14(2)7-8-15(10-12(16)17)9-11-5-3-4-6-13-11/h3-6H,7-10H2,1-2H3,(H,16,17). The number of nitrogens with zero attached hydrogens (tertiary/aromatic N) is 3. The van der Waals surface area contributed by atoms with Crippen LogP contribution in [0.4, 0.5) is 0 Å². The van der Waals surface area contributed by atoms with Crippen molar-refractivity contribution < 1.29 is 9.90 Å². The molecular weight excluding hydrogens is 218 g/mol. The number of hydrogen-bond donors (Lipinski definition) is 1. The second kappa shape index (κ2) is 6.98. The molecule has 1 N–H and O–H groups in total. The molecule has 0 atom stereocenters. The first-order valence-corrected chi connectivity index (χ1v) is 5.56. The highest BCUT2D eigenvalue weighted by atomic mass is 16.4. The van der Waals surface area contributed by atoms with Crippen LogP contribution in [0, 0.1) is 0 Å². The zero-order valence-electron chi connectivity index (χ0n) is 10.3. The maximum absolute atomic E-state index is 10.8. The van der Waals surface area contributed by atoms with Crippen molar-refractivity contribution in [2.24, 2.45) is 0 Å². The highest BCUT2D eigenvalue weighted by Gasteiger charge is 2.10. The summed E-state index contributed by atoms with van der Waals surface area (Å²) < 4.78 is 0. The number of aromatic nitrogens is 1. The van der Waals surface area contributed by atoms with E-state index in [1.807, 2.05) is 42.1 Å². The Morgan fingerprint density at radius 3 is 2.65 bits per heavy atom. The molecule has 1 aromatic rings. The molecule has 0 saturated heterocycles. The van der Waals surface area contributed by atoms with Gasteiger partial charge in [-0.15, -0.1) is 0 Å². The van der Waals surface area contributed by atoms with Crippen LogP contribution < -0.4 is 0 Å². The van der Waals surface area contributed by atoms with Gasteiger partial charge in [-0.25, -0.2) is 0 Å². The summed E-state index contributed by atoms with van der Waals surface area (Å²) >= 11 is 0. The van der Waals surface area contributed by atoms with Crippen molar-refractivity contribution in [3.63, 3.8) is 0 Å². The van der Waals surface area contributed by atoms with Crippen molar-refractivity contribution in [1.82, 2.24) is 14.8 Å². The first-order valence-electron chi connectivity index (χ1n) is 5.56. The fraction of sp³-hybridized carbons (Fsp3) is 0.500. The Morgan fingerprint density at radius 2 is 2.12 bits per heavy atom. The van der Waals surface area contributed by atoms with Crippen LogP contribution in [0.25, 0.3) is 0 Å². The Kier molecular flexibility index (Phi) is 5.59. The molecule has 0 radical (unpaired) electrons. The summed E-state index contributed by atoms with van der Waals surface area (Å²) in [5, 5.41) is 8.85. The molecule has 0 aliphatic heterocycles. The van der Waals surface area contributed by atoms with Crippen LogP contribution in [0.1, 0.15) is 5.69 Å². The highest BCUT2D eigenvalue weighted by molar-refractivity contribution is 5.69. The molecule has 5 nitrogen and oxygen atoms in total. The predicted molar refractivity (Wildman–Crippen MR) is 65.7 cm³/mol. The molecule has 0 aliphatic carbocycles. The summed E-state index contributed by atoms with van der Waals surface area (Å²) in [6.07, 6.45) is 1.72. The molecule has 0 spiro atoms. The number of aliphatic carboxylic acids is 1. The minimum Gasteiger partial charge on any atom is -0.480 e. The van der Waals surface area contributed by atoms with Crippen molar-refractivity contribution in [3.8, 4) is 0 Å². The number of rotatable bonds is 7. The summed E-state index contributed by atoms with van der Waals surface area (Å²) in [7, 11) is 3.94. The lowest BCUT2D eigenvalue weighted by Gasteiger charge is -2.21. The van der Waals surface area contributed by atoms with Gasteiger partial charge in [0, 0.05) is 25.8 Å². The van der Waals surface area contributed by atoms with Crippen LogP contribution in [0.2, 0.25) is 0 Å². The van der Waals surface area contributed by atoms with Gasteiger partial charge in [-0.1, -0.05) is 6.07 Å². The van der Waals surface area contributed by atoms with Gasteiger partial charge in [-0.2, -0.15) is 0 Å². The summed E-state index contributed by atoms with van der Waals surface area (Å²) in [6.45, 7) is 2.17. The third kappa shape index (κ3) is 5.99. The van der Waals surface area contributed by atoms with E-state index in [1.165, 1.54) is 0 Å². The van der Waals surface area contributed by atoms with E-state index < -0.39 is 5.97 Å². The fourth-order valence-corrected chi connectivity index (χ4v) is 1.47. The molecule has 17 heavy (non-hydrogen) atoms. The van der Waals surface area contributed by atoms with Crippen molar-refractivity contribution in [2.75, 3.05) is 33.7 Å². The van der Waals surface area contributed by atoms with Crippen LogP contribution >= 0.6 is 0 Å². The number of carboxylic acid groups (broad SMARTS) is 1. The minimum absolute atomic E-state index is 0.0460. The fourth-order valence-electron chi connectivity index (χ4n) is 1.47. The van der Waals surface area contributed by atoms with Crippen LogP contribution in [0.5, 0.6) is 0 Å². The van der Waals surface area contributed by atoms with E-state index in [9.17, 15) is 4.79 Å². The number of carbonyl (C=O) groups is 1. The normalized spacial score (nSPS) is 11.1. The largest absolute Gasteiger partial charge is 0.480 e. The Balaban J connectivity index is 2.54. The molecule has 0 aliphatic rings. The summed E-state index contributed by atoms with van der Waals surface area (Å²) in [5.74, 6) is -0.806. The van der Waals surface area contributed by atoms with E-state index in [0.29, 0.717) is 6.54 Å². The van der Waals surface area contributed by atoms with Gasteiger partial charge in [0.05, 0.1) is 12.2 Å². The van der Waals surface area contributed by atoms with E-state index in [0.717, 1.165) is 18.8 Å². The SMILES string of the molecule is CN(C)CCN(CC(=O)O)Cc1ccccn1. The lowest BCUT2D eigenvalue weighted by molar-refractivity contribution is -0.138. The number of carboxylic acids is 1. The molecule has 1 heterocycles. The maximum Gasteiger partial charge on any atom is 0.317 e. The van der Waals surface area contributed by atoms with Gasteiger partial charge in [-0.3, -0.25) is 14.7 Å². The quantitative estimate of drug-likeness (QED) is 0.749. The Labute approximate surface area is 102 Å².